The average molecular weight is 366 g/mol. The van der Waals surface area contributed by atoms with E-state index in [1.165, 1.54) is 5.56 Å². The van der Waals surface area contributed by atoms with E-state index in [1.807, 2.05) is 54.6 Å². The van der Waals surface area contributed by atoms with Crippen molar-refractivity contribution in [1.82, 2.24) is 10.3 Å². The summed E-state index contributed by atoms with van der Waals surface area (Å²) in [7, 11) is 0. The number of aromatic nitrogens is 1. The van der Waals surface area contributed by atoms with E-state index in [4.69, 9.17) is 11.6 Å². The fourth-order valence-electron chi connectivity index (χ4n) is 2.57. The smallest absolute Gasteiger partial charge is 0.252 e. The molecular weight excluding hydrogens is 346 g/mol. The van der Waals surface area contributed by atoms with Gasteiger partial charge in [-0.3, -0.25) is 9.78 Å². The lowest BCUT2D eigenvalue weighted by Crippen LogP contribution is -2.25. The number of hydrogen-bond donors (Lipinski definition) is 2. The standard InChI is InChI=1S/C21H20ClN3O/c22-20-9-5-4-8-17(20)14-25-19-12-18(13-23-15-19)21(26)24-11-10-16-6-2-1-3-7-16/h1-9,12-13,15,25H,10-11,14H2,(H,24,26). The molecule has 1 aromatic heterocycles. The summed E-state index contributed by atoms with van der Waals surface area (Å²) >= 11 is 6.16. The summed E-state index contributed by atoms with van der Waals surface area (Å²) in [5.41, 5.74) is 3.50. The normalized spacial score (nSPS) is 10.3. The maximum Gasteiger partial charge on any atom is 0.252 e. The van der Waals surface area contributed by atoms with Crippen LogP contribution in [0, 0.1) is 0 Å². The number of hydrogen-bond acceptors (Lipinski definition) is 3. The van der Waals surface area contributed by atoms with Crippen molar-refractivity contribution < 1.29 is 4.79 Å². The zero-order chi connectivity index (χ0) is 18.2. The van der Waals surface area contributed by atoms with E-state index in [0.717, 1.165) is 17.7 Å². The zero-order valence-corrected chi connectivity index (χ0v) is 15.0. The maximum absolute atomic E-state index is 12.3. The summed E-state index contributed by atoms with van der Waals surface area (Å²) in [6, 6.07) is 19.5. The van der Waals surface area contributed by atoms with Crippen molar-refractivity contribution in [3.8, 4) is 0 Å². The molecule has 0 saturated heterocycles. The first-order valence-corrected chi connectivity index (χ1v) is 8.84. The summed E-state index contributed by atoms with van der Waals surface area (Å²) in [6.07, 6.45) is 4.06. The molecule has 0 aliphatic carbocycles. The molecule has 132 valence electrons. The van der Waals surface area contributed by atoms with Crippen molar-refractivity contribution in [2.45, 2.75) is 13.0 Å². The number of carbonyl (C=O) groups is 1. The van der Waals surface area contributed by atoms with E-state index in [0.29, 0.717) is 23.7 Å². The van der Waals surface area contributed by atoms with E-state index >= 15 is 0 Å². The molecule has 0 aliphatic heterocycles. The second-order valence-corrected chi connectivity index (χ2v) is 6.31. The minimum atomic E-state index is -0.130. The monoisotopic (exact) mass is 365 g/mol. The fourth-order valence-corrected chi connectivity index (χ4v) is 2.77. The fraction of sp³-hybridized carbons (Fsp3) is 0.143. The van der Waals surface area contributed by atoms with Crippen LogP contribution < -0.4 is 10.6 Å². The Kier molecular flexibility index (Phi) is 6.23. The lowest BCUT2D eigenvalue weighted by atomic mass is 10.1. The molecule has 0 spiro atoms. The van der Waals surface area contributed by atoms with Gasteiger partial charge in [0.15, 0.2) is 0 Å². The number of benzene rings is 2. The van der Waals surface area contributed by atoms with Crippen molar-refractivity contribution in [3.63, 3.8) is 0 Å². The number of nitrogens with zero attached hydrogens (tertiary/aromatic N) is 1. The van der Waals surface area contributed by atoms with Gasteiger partial charge in [0.05, 0.1) is 11.3 Å². The maximum atomic E-state index is 12.3. The Morgan fingerprint density at radius 2 is 1.77 bits per heavy atom. The lowest BCUT2D eigenvalue weighted by molar-refractivity contribution is 0.0954. The molecule has 3 rings (SSSR count). The molecule has 2 N–H and O–H groups in total. The van der Waals surface area contributed by atoms with Crippen LogP contribution in [0.3, 0.4) is 0 Å². The second kappa shape index (κ2) is 9.02. The van der Waals surface area contributed by atoms with E-state index < -0.39 is 0 Å². The summed E-state index contributed by atoms with van der Waals surface area (Å²) in [6.45, 7) is 1.15. The van der Waals surface area contributed by atoms with Crippen LogP contribution in [0.2, 0.25) is 5.02 Å². The first-order chi connectivity index (χ1) is 12.7. The van der Waals surface area contributed by atoms with Crippen LogP contribution in [0.1, 0.15) is 21.5 Å². The van der Waals surface area contributed by atoms with Gasteiger partial charge in [-0.2, -0.15) is 0 Å². The zero-order valence-electron chi connectivity index (χ0n) is 14.3. The summed E-state index contributed by atoms with van der Waals surface area (Å²) in [5, 5.41) is 6.89. The molecule has 1 heterocycles. The molecule has 0 aliphatic rings. The molecule has 2 aromatic carbocycles. The third-order valence-electron chi connectivity index (χ3n) is 3.98. The van der Waals surface area contributed by atoms with Crippen molar-refractivity contribution in [3.05, 3.63) is 94.8 Å². The molecule has 0 radical (unpaired) electrons. The van der Waals surface area contributed by atoms with Gasteiger partial charge in [-0.15, -0.1) is 0 Å². The molecule has 0 unspecified atom stereocenters. The molecule has 0 saturated carbocycles. The Labute approximate surface area is 158 Å². The van der Waals surface area contributed by atoms with Crippen molar-refractivity contribution >= 4 is 23.2 Å². The van der Waals surface area contributed by atoms with E-state index in [9.17, 15) is 4.79 Å². The number of anilines is 1. The van der Waals surface area contributed by atoms with E-state index in [1.54, 1.807) is 18.5 Å². The minimum absolute atomic E-state index is 0.130. The highest BCUT2D eigenvalue weighted by Gasteiger charge is 2.07. The molecule has 0 bridgehead atoms. The number of halogens is 1. The van der Waals surface area contributed by atoms with E-state index in [-0.39, 0.29) is 5.91 Å². The van der Waals surface area contributed by atoms with Crippen molar-refractivity contribution in [2.24, 2.45) is 0 Å². The molecule has 1 amide bonds. The summed E-state index contributed by atoms with van der Waals surface area (Å²) < 4.78 is 0. The quantitative estimate of drug-likeness (QED) is 0.655. The van der Waals surface area contributed by atoms with Crippen LogP contribution in [0.25, 0.3) is 0 Å². The first-order valence-electron chi connectivity index (χ1n) is 8.47. The lowest BCUT2D eigenvalue weighted by Gasteiger charge is -2.10. The van der Waals surface area contributed by atoms with Gasteiger partial charge >= 0.3 is 0 Å². The molecule has 26 heavy (non-hydrogen) atoms. The van der Waals surface area contributed by atoms with Crippen molar-refractivity contribution in [1.29, 1.82) is 0 Å². The largest absolute Gasteiger partial charge is 0.380 e. The van der Waals surface area contributed by atoms with Gasteiger partial charge in [0, 0.05) is 30.5 Å². The number of pyridine rings is 1. The van der Waals surface area contributed by atoms with Gasteiger partial charge in [-0.1, -0.05) is 60.1 Å². The Morgan fingerprint density at radius 3 is 2.58 bits per heavy atom. The number of rotatable bonds is 7. The van der Waals surface area contributed by atoms with Gasteiger partial charge in [-0.25, -0.2) is 0 Å². The second-order valence-electron chi connectivity index (χ2n) is 5.90. The van der Waals surface area contributed by atoms with Crippen LogP contribution in [-0.4, -0.2) is 17.4 Å². The van der Waals surface area contributed by atoms with Gasteiger partial charge in [0.1, 0.15) is 0 Å². The van der Waals surface area contributed by atoms with Crippen LogP contribution in [0.4, 0.5) is 5.69 Å². The average Bonchev–Trinajstić information content (AvgIpc) is 2.68. The van der Waals surface area contributed by atoms with Gasteiger partial charge in [0.2, 0.25) is 0 Å². The molecule has 0 fully saturated rings. The Bertz CT molecular complexity index is 868. The highest BCUT2D eigenvalue weighted by molar-refractivity contribution is 6.31. The molecular formula is C21H20ClN3O. The topological polar surface area (TPSA) is 54.0 Å². The number of carbonyl (C=O) groups excluding carboxylic acids is 1. The SMILES string of the molecule is O=C(NCCc1ccccc1)c1cncc(NCc2ccccc2Cl)c1. The molecule has 3 aromatic rings. The van der Waals surface area contributed by atoms with Crippen LogP contribution in [-0.2, 0) is 13.0 Å². The van der Waals surface area contributed by atoms with Gasteiger partial charge in [-0.05, 0) is 29.7 Å². The van der Waals surface area contributed by atoms with Crippen LogP contribution in [0.5, 0.6) is 0 Å². The predicted octanol–water partition coefficient (Wildman–Crippen LogP) is 4.32. The van der Waals surface area contributed by atoms with Crippen LogP contribution >= 0.6 is 11.6 Å². The predicted molar refractivity (Wildman–Crippen MR) is 105 cm³/mol. The Balaban J connectivity index is 1.54. The Morgan fingerprint density at radius 1 is 1.00 bits per heavy atom. The highest BCUT2D eigenvalue weighted by Crippen LogP contribution is 2.17. The van der Waals surface area contributed by atoms with Crippen molar-refractivity contribution in [2.75, 3.05) is 11.9 Å². The Hall–Kier alpha value is -2.85. The molecule has 4 nitrogen and oxygen atoms in total. The van der Waals surface area contributed by atoms with Crippen LogP contribution in [0.15, 0.2) is 73.1 Å². The number of amides is 1. The summed E-state index contributed by atoms with van der Waals surface area (Å²) in [5.74, 6) is -0.130. The van der Waals surface area contributed by atoms with Gasteiger partial charge in [0.25, 0.3) is 5.91 Å². The highest BCUT2D eigenvalue weighted by atomic mass is 35.5. The van der Waals surface area contributed by atoms with Gasteiger partial charge < -0.3 is 10.6 Å². The minimum Gasteiger partial charge on any atom is -0.380 e. The molecule has 0 atom stereocenters. The third-order valence-corrected chi connectivity index (χ3v) is 4.35. The third kappa shape index (κ3) is 5.07. The summed E-state index contributed by atoms with van der Waals surface area (Å²) in [4.78, 5) is 16.5. The van der Waals surface area contributed by atoms with E-state index in [2.05, 4.69) is 15.6 Å². The first kappa shape index (κ1) is 18.0. The number of nitrogens with one attached hydrogen (secondary N) is 2. The molecule has 5 heteroatoms.